The Labute approximate surface area is 144 Å². The van der Waals surface area contributed by atoms with E-state index in [1.807, 2.05) is 0 Å². The van der Waals surface area contributed by atoms with Crippen molar-refractivity contribution in [3.8, 4) is 0 Å². The molecule has 0 heterocycles. The monoisotopic (exact) mass is 356 g/mol. The van der Waals surface area contributed by atoms with E-state index in [1.165, 1.54) is 60.1 Å². The van der Waals surface area contributed by atoms with Crippen LogP contribution in [0.25, 0.3) is 21.5 Å². The van der Waals surface area contributed by atoms with Gasteiger partial charge in [0.25, 0.3) is 0 Å². The molecule has 1 heteroatoms. The Balaban J connectivity index is 1.80. The van der Waals surface area contributed by atoms with Crippen LogP contribution >= 0.6 is 0 Å². The van der Waals surface area contributed by atoms with Crippen LogP contribution in [-0.4, -0.2) is 3.21 Å². The fourth-order valence-electron chi connectivity index (χ4n) is 2.86. The van der Waals surface area contributed by atoms with Gasteiger partial charge < -0.3 is 0 Å². The van der Waals surface area contributed by atoms with Gasteiger partial charge in [-0.2, -0.15) is 0 Å². The summed E-state index contributed by atoms with van der Waals surface area (Å²) in [6.45, 7) is 0. The zero-order valence-electron chi connectivity index (χ0n) is 12.1. The quantitative estimate of drug-likeness (QED) is 0.468. The first-order valence-electron chi connectivity index (χ1n) is 7.38. The molecule has 0 nitrogen and oxygen atoms in total. The van der Waals surface area contributed by atoms with Crippen molar-refractivity contribution >= 4 is 24.8 Å². The van der Waals surface area contributed by atoms with Gasteiger partial charge in [-0.1, -0.05) is 0 Å². The Morgan fingerprint density at radius 3 is 1.36 bits per heavy atom. The molecule has 0 bridgehead atoms. The normalized spacial score (nSPS) is 10.9. The van der Waals surface area contributed by atoms with Crippen molar-refractivity contribution in [2.75, 3.05) is 0 Å². The molecule has 0 N–H and O–H groups in total. The van der Waals surface area contributed by atoms with Crippen LogP contribution in [0.1, 0.15) is 11.1 Å². The van der Waals surface area contributed by atoms with Gasteiger partial charge in [-0.05, 0) is 0 Å². The van der Waals surface area contributed by atoms with Gasteiger partial charge in [0.2, 0.25) is 0 Å². The summed E-state index contributed by atoms with van der Waals surface area (Å²) in [7, 11) is 0. The average Bonchev–Trinajstić information content (AvgIpc) is 2.60. The molecule has 0 aliphatic heterocycles. The summed E-state index contributed by atoms with van der Waals surface area (Å²) in [5, 5.41) is 5.21. The van der Waals surface area contributed by atoms with Gasteiger partial charge in [-0.3, -0.25) is 0 Å². The Hall–Kier alpha value is -1.85. The van der Waals surface area contributed by atoms with E-state index in [2.05, 4.69) is 84.9 Å². The summed E-state index contributed by atoms with van der Waals surface area (Å²) >= 11 is 1.44. The molecule has 4 rings (SSSR count). The Kier molecular flexibility index (Phi) is 3.60. The number of rotatable bonds is 2. The second-order valence-corrected chi connectivity index (χ2v) is 6.73. The molecule has 0 aliphatic rings. The van der Waals surface area contributed by atoms with E-state index >= 15 is 0 Å². The van der Waals surface area contributed by atoms with Gasteiger partial charge >= 0.3 is 145 Å². The third kappa shape index (κ3) is 2.51. The average molecular weight is 358 g/mol. The van der Waals surface area contributed by atoms with Gasteiger partial charge in [-0.25, -0.2) is 0 Å². The molecule has 0 spiro atoms. The molecular formula is C21H14Zr. The summed E-state index contributed by atoms with van der Waals surface area (Å²) in [4.78, 5) is 0. The van der Waals surface area contributed by atoms with Crippen LogP contribution in [-0.2, 0) is 24.2 Å². The molecule has 4 aromatic carbocycles. The van der Waals surface area contributed by atoms with Crippen LogP contribution in [0.5, 0.6) is 0 Å². The molecule has 0 saturated carbocycles. The first kappa shape index (κ1) is 13.8. The second-order valence-electron chi connectivity index (χ2n) is 5.50. The molecule has 0 saturated heterocycles. The van der Waals surface area contributed by atoms with Crippen LogP contribution in [0, 0.1) is 0 Å². The fraction of sp³-hybridized carbons (Fsp3) is 0. The Morgan fingerprint density at radius 1 is 0.500 bits per heavy atom. The van der Waals surface area contributed by atoms with Crippen molar-refractivity contribution in [3.05, 3.63) is 96.1 Å². The van der Waals surface area contributed by atoms with E-state index in [1.54, 1.807) is 0 Å². The Bertz CT molecular complexity index is 917. The molecule has 0 radical (unpaired) electrons. The zero-order valence-corrected chi connectivity index (χ0v) is 14.5. The van der Waals surface area contributed by atoms with Crippen LogP contribution < -0.4 is 0 Å². The van der Waals surface area contributed by atoms with Crippen LogP contribution in [0.4, 0.5) is 0 Å². The Morgan fingerprint density at radius 2 is 0.909 bits per heavy atom. The van der Waals surface area contributed by atoms with Crippen LogP contribution in [0.3, 0.4) is 0 Å². The van der Waals surface area contributed by atoms with Crippen LogP contribution in [0.2, 0.25) is 0 Å². The third-order valence-electron chi connectivity index (χ3n) is 4.08. The topological polar surface area (TPSA) is 0 Å². The predicted molar refractivity (Wildman–Crippen MR) is 91.1 cm³/mol. The van der Waals surface area contributed by atoms with Crippen molar-refractivity contribution in [3.63, 3.8) is 0 Å². The fourth-order valence-corrected chi connectivity index (χ4v) is 3.62. The standard InChI is InChI=1S/C21H14.Zr/c1-3-7-20-14-16(9-11-18(20)5-1)13-17-10-12-19-6-2-4-8-21(19)15-17;/h1-12,14-15H;. The molecule has 102 valence electrons. The van der Waals surface area contributed by atoms with Gasteiger partial charge in [0.05, 0.1) is 0 Å². The first-order valence-corrected chi connectivity index (χ1v) is 8.61. The van der Waals surface area contributed by atoms with Gasteiger partial charge in [0, 0.05) is 0 Å². The minimum absolute atomic E-state index is 1.30. The molecule has 4 aromatic rings. The van der Waals surface area contributed by atoms with Crippen molar-refractivity contribution in [1.29, 1.82) is 0 Å². The van der Waals surface area contributed by atoms with Crippen molar-refractivity contribution in [1.82, 2.24) is 0 Å². The summed E-state index contributed by atoms with van der Waals surface area (Å²) in [5.41, 5.74) is 2.65. The van der Waals surface area contributed by atoms with Crippen molar-refractivity contribution < 1.29 is 24.2 Å². The third-order valence-corrected chi connectivity index (χ3v) is 5.50. The predicted octanol–water partition coefficient (Wildman–Crippen LogP) is 5.11. The van der Waals surface area contributed by atoms with E-state index in [9.17, 15) is 0 Å². The van der Waals surface area contributed by atoms with E-state index < -0.39 is 0 Å². The summed E-state index contributed by atoms with van der Waals surface area (Å²) in [5.74, 6) is 0. The molecule has 0 atom stereocenters. The summed E-state index contributed by atoms with van der Waals surface area (Å²) < 4.78 is 1.41. The van der Waals surface area contributed by atoms with Crippen LogP contribution in [0.15, 0.2) is 84.9 Å². The molecule has 0 aliphatic carbocycles. The first-order chi connectivity index (χ1) is 10.8. The molecule has 0 aromatic heterocycles. The molecule has 0 unspecified atom stereocenters. The van der Waals surface area contributed by atoms with Gasteiger partial charge in [0.15, 0.2) is 0 Å². The molecule has 0 fully saturated rings. The molecular weight excluding hydrogens is 343 g/mol. The van der Waals surface area contributed by atoms with E-state index in [4.69, 9.17) is 0 Å². The maximum atomic E-state index is 2.30. The summed E-state index contributed by atoms with van der Waals surface area (Å²) in [6.07, 6.45) is 0. The second kappa shape index (κ2) is 5.74. The molecule has 22 heavy (non-hydrogen) atoms. The number of benzene rings is 4. The summed E-state index contributed by atoms with van der Waals surface area (Å²) in [6, 6.07) is 30.6. The van der Waals surface area contributed by atoms with E-state index in [-0.39, 0.29) is 0 Å². The van der Waals surface area contributed by atoms with Crippen molar-refractivity contribution in [2.24, 2.45) is 0 Å². The zero-order chi connectivity index (χ0) is 14.9. The maximum absolute atomic E-state index is 2.30. The van der Waals surface area contributed by atoms with E-state index in [0.29, 0.717) is 0 Å². The SMILES string of the molecule is [Zr]=[C](c1ccc2ccccc2c1)c1ccc2ccccc2c1. The molecule has 0 amide bonds. The van der Waals surface area contributed by atoms with E-state index in [0.717, 1.165) is 0 Å². The number of fused-ring (bicyclic) bond motifs is 2. The number of hydrogen-bond donors (Lipinski definition) is 0. The van der Waals surface area contributed by atoms with Gasteiger partial charge in [-0.15, -0.1) is 0 Å². The van der Waals surface area contributed by atoms with Crippen molar-refractivity contribution in [2.45, 2.75) is 0 Å². The van der Waals surface area contributed by atoms with Gasteiger partial charge in [0.1, 0.15) is 0 Å². The minimum atomic E-state index is 1.30. The number of hydrogen-bond acceptors (Lipinski definition) is 0.